The van der Waals surface area contributed by atoms with Crippen molar-refractivity contribution in [2.75, 3.05) is 32.3 Å². The van der Waals surface area contributed by atoms with E-state index in [2.05, 4.69) is 88.4 Å². The van der Waals surface area contributed by atoms with Crippen molar-refractivity contribution in [3.05, 3.63) is 111 Å². The molecule has 0 spiro atoms. The van der Waals surface area contributed by atoms with Crippen LogP contribution in [0.25, 0.3) is 0 Å². The van der Waals surface area contributed by atoms with Crippen LogP contribution >= 0.6 is 11.6 Å². The first-order valence-electron chi connectivity index (χ1n) is 17.8. The van der Waals surface area contributed by atoms with Crippen molar-refractivity contribution < 1.29 is 18.9 Å². The van der Waals surface area contributed by atoms with Crippen molar-refractivity contribution in [2.45, 2.75) is 79.1 Å². The van der Waals surface area contributed by atoms with Crippen LogP contribution in [-0.4, -0.2) is 38.0 Å². The van der Waals surface area contributed by atoms with Crippen LogP contribution in [0.4, 0.5) is 5.69 Å². The number of ether oxygens (including phenoxy) is 4. The van der Waals surface area contributed by atoms with E-state index in [0.717, 1.165) is 110 Å². The number of rotatable bonds is 13. The third kappa shape index (κ3) is 7.08. The summed E-state index contributed by atoms with van der Waals surface area (Å²) < 4.78 is 26.5. The Balaban J connectivity index is 1.65. The Hall–Kier alpha value is -3.96. The zero-order chi connectivity index (χ0) is 33.5. The molecule has 6 heteroatoms. The molecule has 2 aliphatic rings. The maximum absolute atomic E-state index is 6.70. The Kier molecular flexibility index (Phi) is 11.3. The van der Waals surface area contributed by atoms with Crippen molar-refractivity contribution in [3.8, 4) is 23.0 Å². The first-order valence-corrected chi connectivity index (χ1v) is 18.3. The van der Waals surface area contributed by atoms with Crippen LogP contribution in [0.15, 0.2) is 65.7 Å². The van der Waals surface area contributed by atoms with E-state index in [0.29, 0.717) is 58.0 Å². The predicted molar refractivity (Wildman–Crippen MR) is 197 cm³/mol. The van der Waals surface area contributed by atoms with E-state index in [9.17, 15) is 0 Å². The van der Waals surface area contributed by atoms with Gasteiger partial charge in [0.1, 0.15) is 23.0 Å². The van der Waals surface area contributed by atoms with Gasteiger partial charge in [-0.05, 0) is 65.1 Å². The van der Waals surface area contributed by atoms with E-state index in [-0.39, 0.29) is 0 Å². The van der Waals surface area contributed by atoms with Gasteiger partial charge in [-0.1, -0.05) is 82.3 Å². The Morgan fingerprint density at radius 1 is 0.500 bits per heavy atom. The standard InChI is InChI=1S/C42H48ClNO4/c1-5-19-45-39-28-11-9-13-30(39)24-32-15-17-34-35(41(32)47-21-7-3)26-36-37(44-38(34)27-43)18-16-33(42(36)48-22-8-4)25-31-14-10-12-29(23-28)40(31)46-20-6-2/h9-18H,5-8,19-27H2,1-4H3. The molecule has 1 aliphatic carbocycles. The molecule has 4 aromatic carbocycles. The molecule has 0 amide bonds. The number of alkyl halides is 1. The molecule has 5 nitrogen and oxygen atoms in total. The van der Waals surface area contributed by atoms with Crippen LogP contribution in [0.2, 0.25) is 0 Å². The molecule has 0 aromatic heterocycles. The summed E-state index contributed by atoms with van der Waals surface area (Å²) >= 11 is 6.65. The maximum atomic E-state index is 6.70. The van der Waals surface area contributed by atoms with Gasteiger partial charge in [-0.15, -0.1) is 11.6 Å². The zero-order valence-corrected chi connectivity index (χ0v) is 29.7. The second-order valence-corrected chi connectivity index (χ2v) is 13.0. The minimum Gasteiger partial charge on any atom is -0.493 e. The van der Waals surface area contributed by atoms with Gasteiger partial charge in [0.05, 0.1) is 43.7 Å². The molecule has 1 aliphatic heterocycles. The number of fused-ring (bicyclic) bond motifs is 6. The average Bonchev–Trinajstić information content (AvgIpc) is 3.26. The van der Waals surface area contributed by atoms with E-state index < -0.39 is 0 Å². The van der Waals surface area contributed by atoms with Crippen molar-refractivity contribution in [1.29, 1.82) is 0 Å². The fourth-order valence-corrected chi connectivity index (χ4v) is 7.03. The number of aliphatic imine (C=N–C) groups is 1. The van der Waals surface area contributed by atoms with Crippen LogP contribution in [0.3, 0.4) is 0 Å². The quantitative estimate of drug-likeness (QED) is 0.117. The second-order valence-electron chi connectivity index (χ2n) is 12.7. The lowest BCUT2D eigenvalue weighted by Crippen LogP contribution is -2.12. The number of para-hydroxylation sites is 2. The van der Waals surface area contributed by atoms with E-state index in [1.807, 2.05) is 0 Å². The lowest BCUT2D eigenvalue weighted by Gasteiger charge is -2.23. The Labute approximate surface area is 291 Å². The van der Waals surface area contributed by atoms with Gasteiger partial charge in [0.25, 0.3) is 0 Å². The molecule has 0 saturated heterocycles. The van der Waals surface area contributed by atoms with Crippen LogP contribution in [0, 0.1) is 0 Å². The lowest BCUT2D eigenvalue weighted by molar-refractivity contribution is 0.305. The summed E-state index contributed by atoms with van der Waals surface area (Å²) in [6.45, 7) is 11.2. The molecule has 6 rings (SSSR count). The minimum atomic E-state index is 0.299. The van der Waals surface area contributed by atoms with Gasteiger partial charge < -0.3 is 18.9 Å². The highest BCUT2D eigenvalue weighted by Crippen LogP contribution is 2.44. The van der Waals surface area contributed by atoms with Gasteiger partial charge in [-0.25, -0.2) is 0 Å². The maximum Gasteiger partial charge on any atom is 0.128 e. The van der Waals surface area contributed by atoms with E-state index in [4.69, 9.17) is 35.5 Å². The molecule has 0 atom stereocenters. The van der Waals surface area contributed by atoms with E-state index in [1.165, 1.54) is 0 Å². The first-order chi connectivity index (χ1) is 23.6. The van der Waals surface area contributed by atoms with E-state index >= 15 is 0 Å². The molecule has 48 heavy (non-hydrogen) atoms. The van der Waals surface area contributed by atoms with Gasteiger partial charge in [-0.2, -0.15) is 0 Å². The molecule has 1 heterocycles. The monoisotopic (exact) mass is 665 g/mol. The number of hydrogen-bond acceptors (Lipinski definition) is 5. The number of halogens is 1. The van der Waals surface area contributed by atoms with Gasteiger partial charge in [-0.3, -0.25) is 4.99 Å². The molecule has 4 aromatic rings. The van der Waals surface area contributed by atoms with Gasteiger partial charge in [0.15, 0.2) is 0 Å². The highest BCUT2D eigenvalue weighted by atomic mass is 35.5. The highest BCUT2D eigenvalue weighted by molar-refractivity contribution is 6.32. The summed E-state index contributed by atoms with van der Waals surface area (Å²) in [4.78, 5) is 5.18. The van der Waals surface area contributed by atoms with Crippen LogP contribution < -0.4 is 18.9 Å². The summed E-state index contributed by atoms with van der Waals surface area (Å²) in [6.07, 6.45) is 6.37. The molecular formula is C42H48ClNO4. The third-order valence-corrected chi connectivity index (χ3v) is 9.26. The van der Waals surface area contributed by atoms with Crippen LogP contribution in [0.5, 0.6) is 23.0 Å². The predicted octanol–water partition coefficient (Wildman–Crippen LogP) is 10.2. The molecule has 0 N–H and O–H groups in total. The molecule has 0 unspecified atom stereocenters. The van der Waals surface area contributed by atoms with Gasteiger partial charge in [0, 0.05) is 42.4 Å². The lowest BCUT2D eigenvalue weighted by atomic mass is 9.89. The summed E-state index contributed by atoms with van der Waals surface area (Å²) in [5.74, 6) is 4.05. The van der Waals surface area contributed by atoms with Crippen molar-refractivity contribution in [3.63, 3.8) is 0 Å². The number of benzene rings is 4. The van der Waals surface area contributed by atoms with Gasteiger partial charge >= 0.3 is 0 Å². The number of hydrogen-bond donors (Lipinski definition) is 0. The fourth-order valence-electron chi connectivity index (χ4n) is 6.82. The largest absolute Gasteiger partial charge is 0.493 e. The molecule has 0 saturated carbocycles. The average molecular weight is 666 g/mol. The summed E-state index contributed by atoms with van der Waals surface area (Å²) in [5, 5.41) is 0. The Morgan fingerprint density at radius 3 is 1.38 bits per heavy atom. The van der Waals surface area contributed by atoms with Crippen molar-refractivity contribution >= 4 is 23.0 Å². The van der Waals surface area contributed by atoms with Crippen LogP contribution in [0.1, 0.15) is 103 Å². The Morgan fingerprint density at radius 2 is 0.917 bits per heavy atom. The molecule has 0 fully saturated rings. The summed E-state index contributed by atoms with van der Waals surface area (Å²) in [6, 6.07) is 21.8. The fraction of sp³-hybridized carbons (Fsp3) is 0.405. The SMILES string of the molecule is CCCOc1c2cccc1Cc1ccc3c(c1OCCC)Cc1c(ccc(c1OCCC)Cc1cccc(c1OCCC)C2)C(CCl)=N3. The molecule has 252 valence electrons. The van der Waals surface area contributed by atoms with Crippen molar-refractivity contribution in [1.82, 2.24) is 0 Å². The topological polar surface area (TPSA) is 49.3 Å². The summed E-state index contributed by atoms with van der Waals surface area (Å²) in [7, 11) is 0. The number of nitrogens with zero attached hydrogens (tertiary/aromatic N) is 1. The van der Waals surface area contributed by atoms with Crippen molar-refractivity contribution in [2.24, 2.45) is 4.99 Å². The first kappa shape index (κ1) is 33.9. The molecular weight excluding hydrogens is 618 g/mol. The smallest absolute Gasteiger partial charge is 0.128 e. The normalized spacial score (nSPS) is 13.2. The minimum absolute atomic E-state index is 0.299. The van der Waals surface area contributed by atoms with E-state index in [1.54, 1.807) is 0 Å². The summed E-state index contributed by atoms with van der Waals surface area (Å²) in [5.41, 5.74) is 11.9. The second kappa shape index (κ2) is 16.0. The molecule has 8 bridgehead atoms. The molecule has 0 radical (unpaired) electrons. The zero-order valence-electron chi connectivity index (χ0n) is 28.9. The van der Waals surface area contributed by atoms with Gasteiger partial charge in [0.2, 0.25) is 0 Å². The van der Waals surface area contributed by atoms with Crippen LogP contribution in [-0.2, 0) is 25.7 Å². The Bertz CT molecular complexity index is 1780. The highest BCUT2D eigenvalue weighted by Gasteiger charge is 2.27. The third-order valence-electron chi connectivity index (χ3n) is 9.01.